The monoisotopic (exact) mass is 564 g/mol. The van der Waals surface area contributed by atoms with Gasteiger partial charge < -0.3 is 20.1 Å². The van der Waals surface area contributed by atoms with Gasteiger partial charge in [-0.3, -0.25) is 19.0 Å². The molecule has 1 fully saturated rings. The van der Waals surface area contributed by atoms with Crippen LogP contribution in [0.2, 0.25) is 5.02 Å². The van der Waals surface area contributed by atoms with Gasteiger partial charge in [-0.05, 0) is 37.0 Å². The zero-order chi connectivity index (χ0) is 28.3. The third kappa shape index (κ3) is 6.22. The van der Waals surface area contributed by atoms with Crippen molar-refractivity contribution in [3.8, 4) is 5.75 Å². The molecular weight excluding hydrogens is 534 g/mol. The minimum atomic E-state index is -3.10. The molecule has 0 radical (unpaired) electrons. The van der Waals surface area contributed by atoms with E-state index in [9.17, 15) is 23.5 Å². The second kappa shape index (κ2) is 11.7. The molecule has 1 aromatic carbocycles. The number of aliphatic carboxylic acids is 1. The molecular formula is C26H31ClF2N6O4. The standard InChI is InChI=1S/C26H31ClF2N6O4/c1-16(2)21-6-9-30-35(21)26(24(38)32-20-5-4-18(27)12-22(20)39-25(28)29)7-10-34(11-8-26)15-19(23(36)37)17-13-31-33(3)14-17/h4-6,9,12-14,16,19,25H,7-8,10-11,15H2,1-3H3,(H,32,38)(H,36,37)/t19-/m0/s1. The van der Waals surface area contributed by atoms with E-state index in [2.05, 4.69) is 20.3 Å². The van der Waals surface area contributed by atoms with Crippen LogP contribution in [-0.4, -0.2) is 67.7 Å². The van der Waals surface area contributed by atoms with E-state index < -0.39 is 29.9 Å². The number of aromatic nitrogens is 4. The highest BCUT2D eigenvalue weighted by molar-refractivity contribution is 6.30. The first-order valence-corrected chi connectivity index (χ1v) is 12.9. The van der Waals surface area contributed by atoms with Crippen LogP contribution in [-0.2, 0) is 22.2 Å². The zero-order valence-corrected chi connectivity index (χ0v) is 22.6. The summed E-state index contributed by atoms with van der Waals surface area (Å²) in [5.74, 6) is -2.36. The van der Waals surface area contributed by atoms with Crippen molar-refractivity contribution in [2.75, 3.05) is 25.0 Å². The van der Waals surface area contributed by atoms with E-state index in [0.29, 0.717) is 31.5 Å². The summed E-state index contributed by atoms with van der Waals surface area (Å²) >= 11 is 5.97. The second-order valence-electron chi connectivity index (χ2n) is 9.97. The molecule has 1 amide bonds. The number of piperidine rings is 1. The van der Waals surface area contributed by atoms with Gasteiger partial charge in [-0.25, -0.2) is 0 Å². The van der Waals surface area contributed by atoms with Crippen LogP contribution in [0, 0.1) is 0 Å². The normalized spacial score (nSPS) is 16.4. The van der Waals surface area contributed by atoms with Gasteiger partial charge in [0.05, 0.1) is 17.8 Å². The molecule has 10 nitrogen and oxygen atoms in total. The van der Waals surface area contributed by atoms with Gasteiger partial charge in [0, 0.05) is 61.4 Å². The van der Waals surface area contributed by atoms with E-state index >= 15 is 0 Å². The molecule has 3 heterocycles. The summed E-state index contributed by atoms with van der Waals surface area (Å²) in [6.07, 6.45) is 5.50. The SMILES string of the molecule is CC(C)c1ccnn1C1(C(=O)Nc2ccc(Cl)cc2OC(F)F)CCN(C[C@H](C(=O)O)c2cnn(C)c2)CC1. The molecule has 210 valence electrons. The van der Waals surface area contributed by atoms with Crippen molar-refractivity contribution in [1.82, 2.24) is 24.5 Å². The lowest BCUT2D eigenvalue weighted by Crippen LogP contribution is -2.54. The van der Waals surface area contributed by atoms with Crippen LogP contribution in [0.4, 0.5) is 14.5 Å². The average molecular weight is 565 g/mol. The molecule has 1 atom stereocenters. The van der Waals surface area contributed by atoms with Crippen molar-refractivity contribution in [1.29, 1.82) is 0 Å². The predicted molar refractivity (Wildman–Crippen MR) is 140 cm³/mol. The van der Waals surface area contributed by atoms with Gasteiger partial charge in [0.2, 0.25) is 0 Å². The Kier molecular flexibility index (Phi) is 8.55. The number of amides is 1. The number of likely N-dealkylation sites (tertiary alicyclic amines) is 1. The third-order valence-corrected chi connectivity index (χ3v) is 7.28. The number of rotatable bonds is 10. The highest BCUT2D eigenvalue weighted by Gasteiger charge is 2.46. The van der Waals surface area contributed by atoms with E-state index in [1.165, 1.54) is 18.2 Å². The minimum Gasteiger partial charge on any atom is -0.481 e. The number of carboxylic acid groups (broad SMARTS) is 1. The first-order valence-electron chi connectivity index (χ1n) is 12.5. The summed E-state index contributed by atoms with van der Waals surface area (Å²) in [5, 5.41) is 21.4. The molecule has 0 spiro atoms. The summed E-state index contributed by atoms with van der Waals surface area (Å²) < 4.78 is 34.0. The smallest absolute Gasteiger partial charge is 0.387 e. The molecule has 0 saturated carbocycles. The number of carbonyl (C=O) groups is 2. The molecule has 1 aliphatic rings. The van der Waals surface area contributed by atoms with Crippen LogP contribution < -0.4 is 10.1 Å². The maximum atomic E-state index is 14.0. The summed E-state index contributed by atoms with van der Waals surface area (Å²) in [6.45, 7) is 1.96. The van der Waals surface area contributed by atoms with Crippen LogP contribution in [0.15, 0.2) is 42.9 Å². The van der Waals surface area contributed by atoms with Crippen LogP contribution in [0.5, 0.6) is 5.75 Å². The summed E-state index contributed by atoms with van der Waals surface area (Å²) in [7, 11) is 1.73. The largest absolute Gasteiger partial charge is 0.481 e. The van der Waals surface area contributed by atoms with Crippen molar-refractivity contribution in [2.24, 2.45) is 7.05 Å². The Labute approximate surface area is 229 Å². The fourth-order valence-corrected chi connectivity index (χ4v) is 5.15. The lowest BCUT2D eigenvalue weighted by atomic mass is 9.85. The van der Waals surface area contributed by atoms with E-state index in [1.807, 2.05) is 24.8 Å². The third-order valence-electron chi connectivity index (χ3n) is 7.05. The number of carbonyl (C=O) groups excluding carboxylic acids is 1. The Hall–Kier alpha value is -3.51. The second-order valence-corrected chi connectivity index (χ2v) is 10.4. The van der Waals surface area contributed by atoms with Crippen molar-refractivity contribution >= 4 is 29.2 Å². The van der Waals surface area contributed by atoms with Gasteiger partial charge in [-0.1, -0.05) is 25.4 Å². The van der Waals surface area contributed by atoms with Gasteiger partial charge in [-0.15, -0.1) is 0 Å². The fourth-order valence-electron chi connectivity index (χ4n) is 4.98. The number of anilines is 1. The highest BCUT2D eigenvalue weighted by atomic mass is 35.5. The Bertz CT molecular complexity index is 1320. The van der Waals surface area contributed by atoms with E-state index in [1.54, 1.807) is 35.0 Å². The Morgan fingerprint density at radius 3 is 2.51 bits per heavy atom. The Morgan fingerprint density at radius 2 is 1.92 bits per heavy atom. The van der Waals surface area contributed by atoms with E-state index in [0.717, 1.165) is 5.69 Å². The number of ether oxygens (including phenoxy) is 1. The number of halogens is 3. The van der Waals surface area contributed by atoms with Gasteiger partial charge >= 0.3 is 12.6 Å². The first kappa shape index (κ1) is 28.5. The van der Waals surface area contributed by atoms with Crippen molar-refractivity contribution in [2.45, 2.75) is 50.7 Å². The molecule has 1 saturated heterocycles. The average Bonchev–Trinajstić information content (AvgIpc) is 3.54. The molecule has 3 aromatic rings. The van der Waals surface area contributed by atoms with Crippen LogP contribution in [0.3, 0.4) is 0 Å². The fraction of sp³-hybridized carbons (Fsp3) is 0.462. The Balaban J connectivity index is 1.61. The van der Waals surface area contributed by atoms with Crippen LogP contribution in [0.25, 0.3) is 0 Å². The summed E-state index contributed by atoms with van der Waals surface area (Å²) in [4.78, 5) is 28.0. The molecule has 2 aromatic heterocycles. The van der Waals surface area contributed by atoms with Crippen molar-refractivity contribution in [3.63, 3.8) is 0 Å². The van der Waals surface area contributed by atoms with Gasteiger partial charge in [0.1, 0.15) is 5.54 Å². The predicted octanol–water partition coefficient (Wildman–Crippen LogP) is 4.29. The van der Waals surface area contributed by atoms with Crippen LogP contribution in [0.1, 0.15) is 49.8 Å². The number of nitrogens with zero attached hydrogens (tertiary/aromatic N) is 5. The van der Waals surface area contributed by atoms with E-state index in [-0.39, 0.29) is 28.9 Å². The zero-order valence-electron chi connectivity index (χ0n) is 21.9. The molecule has 39 heavy (non-hydrogen) atoms. The molecule has 13 heteroatoms. The topological polar surface area (TPSA) is 115 Å². The molecule has 0 aliphatic carbocycles. The quantitative estimate of drug-likeness (QED) is 0.377. The van der Waals surface area contributed by atoms with Gasteiger partial charge in [-0.2, -0.15) is 19.0 Å². The number of hydrogen-bond donors (Lipinski definition) is 2. The molecule has 0 unspecified atom stereocenters. The van der Waals surface area contributed by atoms with E-state index in [4.69, 9.17) is 11.6 Å². The summed E-state index contributed by atoms with van der Waals surface area (Å²) in [6, 6.07) is 5.96. The molecule has 0 bridgehead atoms. The lowest BCUT2D eigenvalue weighted by Gasteiger charge is -2.42. The molecule has 2 N–H and O–H groups in total. The molecule has 1 aliphatic heterocycles. The number of aryl methyl sites for hydroxylation is 1. The Morgan fingerprint density at radius 1 is 1.21 bits per heavy atom. The highest BCUT2D eigenvalue weighted by Crippen LogP contribution is 2.37. The number of alkyl halides is 2. The maximum Gasteiger partial charge on any atom is 0.387 e. The minimum absolute atomic E-state index is 0.0606. The lowest BCUT2D eigenvalue weighted by molar-refractivity contribution is -0.140. The maximum absolute atomic E-state index is 14.0. The number of hydrogen-bond acceptors (Lipinski definition) is 6. The van der Waals surface area contributed by atoms with Gasteiger partial charge in [0.15, 0.2) is 5.75 Å². The number of nitrogens with one attached hydrogen (secondary N) is 1. The van der Waals surface area contributed by atoms with Crippen LogP contribution >= 0.6 is 11.6 Å². The molecule has 4 rings (SSSR count). The number of carboxylic acids is 1. The first-order chi connectivity index (χ1) is 18.5. The number of benzene rings is 1. The van der Waals surface area contributed by atoms with Gasteiger partial charge in [0.25, 0.3) is 5.91 Å². The van der Waals surface area contributed by atoms with Crippen molar-refractivity contribution in [3.05, 3.63) is 59.1 Å². The van der Waals surface area contributed by atoms with Crippen molar-refractivity contribution < 1.29 is 28.2 Å². The summed E-state index contributed by atoms with van der Waals surface area (Å²) in [5.41, 5.74) is 0.363.